The van der Waals surface area contributed by atoms with E-state index in [0.717, 1.165) is 28.5 Å². The van der Waals surface area contributed by atoms with Crippen LogP contribution in [0.4, 0.5) is 0 Å². The van der Waals surface area contributed by atoms with Gasteiger partial charge in [-0.05, 0) is 168 Å². The molecule has 0 saturated heterocycles. The topological polar surface area (TPSA) is 38.7 Å². The van der Waals surface area contributed by atoms with Crippen LogP contribution in [0, 0.1) is 23.7 Å². The minimum atomic E-state index is -0.159. The second kappa shape index (κ2) is 15.7. The van der Waals surface area contributed by atoms with Crippen molar-refractivity contribution in [3.05, 3.63) is 208 Å². The van der Waals surface area contributed by atoms with Gasteiger partial charge in [-0.1, -0.05) is 207 Å². The molecule has 75 heavy (non-hydrogen) atoms. The van der Waals surface area contributed by atoms with Gasteiger partial charge in [-0.25, -0.2) is 15.0 Å². The molecule has 1 spiro atoms. The Morgan fingerprint density at radius 3 is 1.44 bits per heavy atom. The molecule has 6 aliphatic rings. The van der Waals surface area contributed by atoms with Crippen molar-refractivity contribution < 1.29 is 0 Å². The van der Waals surface area contributed by atoms with Crippen molar-refractivity contribution in [1.29, 1.82) is 0 Å². The Bertz CT molecular complexity index is 3800. The van der Waals surface area contributed by atoms with Crippen molar-refractivity contribution in [2.45, 2.75) is 109 Å². The van der Waals surface area contributed by atoms with Crippen LogP contribution in [0.25, 0.3) is 89.8 Å². The lowest BCUT2D eigenvalue weighted by Crippen LogP contribution is -2.49. The number of aromatic nitrogens is 3. The smallest absolute Gasteiger partial charge is 0.164 e. The summed E-state index contributed by atoms with van der Waals surface area (Å²) >= 11 is 0. The Hall–Kier alpha value is -7.23. The quantitative estimate of drug-likeness (QED) is 0.172. The van der Waals surface area contributed by atoms with E-state index in [1.54, 1.807) is 0 Å². The zero-order valence-corrected chi connectivity index (χ0v) is 44.8. The highest BCUT2D eigenvalue weighted by molar-refractivity contribution is 5.95. The second-order valence-electron chi connectivity index (χ2n) is 25.1. The Kier molecular flexibility index (Phi) is 9.44. The lowest BCUT2D eigenvalue weighted by atomic mass is 9.49. The van der Waals surface area contributed by atoms with E-state index in [9.17, 15) is 0 Å². The van der Waals surface area contributed by atoms with Gasteiger partial charge in [0.15, 0.2) is 17.5 Å². The summed E-state index contributed by atoms with van der Waals surface area (Å²) in [6.45, 7) is 19.2. The predicted molar refractivity (Wildman–Crippen MR) is 309 cm³/mol. The molecule has 2 saturated carbocycles. The van der Waals surface area contributed by atoms with Gasteiger partial charge in [0.2, 0.25) is 0 Å². The SMILES string of the molecule is CCC1CC2CC(C)C3(c4ccc(-c5nc(-c6cccc7c6-c6ccccc6C7(C)C)nc(-c6cccc7c6-c6ccccc6C7(C)C)n5)cc4-c4ccc(-c5ccc6c(c5)C(C)(C)c5ccccc5-6)cc43)C(C1)C2. The summed E-state index contributed by atoms with van der Waals surface area (Å²) in [5.41, 5.74) is 26.9. The van der Waals surface area contributed by atoms with Gasteiger partial charge in [0.25, 0.3) is 0 Å². The number of hydrogen-bond acceptors (Lipinski definition) is 3. The zero-order valence-electron chi connectivity index (χ0n) is 44.8. The summed E-state index contributed by atoms with van der Waals surface area (Å²) in [6.07, 6.45) is 6.50. The van der Waals surface area contributed by atoms with Crippen LogP contribution in [0.5, 0.6) is 0 Å². The Labute approximate surface area is 443 Å². The van der Waals surface area contributed by atoms with Crippen molar-refractivity contribution in [3.63, 3.8) is 0 Å². The van der Waals surface area contributed by atoms with Crippen LogP contribution in [0.2, 0.25) is 0 Å². The van der Waals surface area contributed by atoms with Gasteiger partial charge in [0, 0.05) is 38.4 Å². The summed E-state index contributed by atoms with van der Waals surface area (Å²) in [6, 6.07) is 62.5. The molecule has 2 bridgehead atoms. The summed E-state index contributed by atoms with van der Waals surface area (Å²) in [5.74, 6) is 4.78. The fourth-order valence-corrected chi connectivity index (χ4v) is 16.7. The van der Waals surface area contributed by atoms with E-state index in [1.165, 1.54) is 132 Å². The average molecular weight is 972 g/mol. The molecule has 3 nitrogen and oxygen atoms in total. The van der Waals surface area contributed by atoms with Crippen molar-refractivity contribution >= 4 is 0 Å². The fourth-order valence-electron chi connectivity index (χ4n) is 16.7. The number of nitrogens with zero attached hydrogens (tertiary/aromatic N) is 3. The third kappa shape index (κ3) is 6.07. The molecule has 3 heteroatoms. The molecule has 0 aliphatic heterocycles. The molecule has 5 unspecified atom stereocenters. The van der Waals surface area contributed by atoms with Crippen LogP contribution in [0.3, 0.4) is 0 Å². The van der Waals surface area contributed by atoms with Crippen molar-refractivity contribution in [3.8, 4) is 89.8 Å². The molecular formula is C72H65N3. The third-order valence-corrected chi connectivity index (χ3v) is 20.3. The molecular weight excluding hydrogens is 907 g/mol. The van der Waals surface area contributed by atoms with Crippen LogP contribution in [-0.2, 0) is 21.7 Å². The van der Waals surface area contributed by atoms with E-state index in [4.69, 9.17) is 15.0 Å². The van der Waals surface area contributed by atoms with Gasteiger partial charge in [-0.15, -0.1) is 0 Å². The van der Waals surface area contributed by atoms with E-state index < -0.39 is 0 Å². The highest BCUT2D eigenvalue weighted by Gasteiger charge is 2.57. The standard InChI is InChI=1S/C72H65N3/c1-9-42-35-43-34-41(2)72(47(36-42)37-43)59-33-30-46(38-55(59)50-32-29-45(40-63(50)72)44-28-31-49-48-18-10-13-23-56(48)71(7,8)62(49)39-44)66-73-67(53-21-16-26-60-64(53)51-19-11-14-24-57(51)69(60,3)4)75-68(74-66)54-22-17-27-61-65(54)52-20-12-15-25-58(52)70(61,5)6/h10-33,38-43,47H,9,34-37H2,1-8H3. The maximum atomic E-state index is 5.62. The van der Waals surface area contributed by atoms with Gasteiger partial charge in [-0.2, -0.15) is 0 Å². The molecule has 9 aromatic rings. The average Bonchev–Trinajstić information content (AvgIpc) is 4.17. The number of benzene rings is 8. The van der Waals surface area contributed by atoms with Gasteiger partial charge < -0.3 is 0 Å². The van der Waals surface area contributed by atoms with E-state index in [2.05, 4.69) is 219 Å². The van der Waals surface area contributed by atoms with Gasteiger partial charge in [0.05, 0.1) is 0 Å². The molecule has 8 aromatic carbocycles. The fraction of sp³-hybridized carbons (Fsp3) is 0.292. The summed E-state index contributed by atoms with van der Waals surface area (Å²) < 4.78 is 0. The number of hydrogen-bond donors (Lipinski definition) is 0. The maximum Gasteiger partial charge on any atom is 0.164 e. The Balaban J connectivity index is 0.940. The first-order chi connectivity index (χ1) is 36.3. The van der Waals surface area contributed by atoms with Crippen LogP contribution >= 0.6 is 0 Å². The van der Waals surface area contributed by atoms with Crippen molar-refractivity contribution in [1.82, 2.24) is 15.0 Å². The van der Waals surface area contributed by atoms with Crippen LogP contribution < -0.4 is 0 Å². The van der Waals surface area contributed by atoms with E-state index in [1.807, 2.05) is 0 Å². The molecule has 0 N–H and O–H groups in total. The molecule has 368 valence electrons. The van der Waals surface area contributed by atoms with Gasteiger partial charge in [-0.3, -0.25) is 0 Å². The maximum absolute atomic E-state index is 5.62. The highest BCUT2D eigenvalue weighted by Crippen LogP contribution is 2.66. The monoisotopic (exact) mass is 972 g/mol. The molecule has 0 amide bonds. The van der Waals surface area contributed by atoms with Crippen LogP contribution in [-0.4, -0.2) is 15.0 Å². The minimum absolute atomic E-state index is 0.0608. The molecule has 15 rings (SSSR count). The van der Waals surface area contributed by atoms with E-state index in [-0.39, 0.29) is 21.7 Å². The molecule has 1 heterocycles. The van der Waals surface area contributed by atoms with Gasteiger partial charge >= 0.3 is 0 Å². The van der Waals surface area contributed by atoms with Crippen LogP contribution in [0.1, 0.15) is 132 Å². The molecule has 1 aromatic heterocycles. The van der Waals surface area contributed by atoms with E-state index >= 15 is 0 Å². The van der Waals surface area contributed by atoms with Crippen molar-refractivity contribution in [2.75, 3.05) is 0 Å². The van der Waals surface area contributed by atoms with Crippen molar-refractivity contribution in [2.24, 2.45) is 23.7 Å². The Morgan fingerprint density at radius 1 is 0.373 bits per heavy atom. The first-order valence-corrected chi connectivity index (χ1v) is 28.1. The number of rotatable bonds is 5. The Morgan fingerprint density at radius 2 is 0.840 bits per heavy atom. The molecule has 2 fully saturated rings. The molecule has 5 atom stereocenters. The first-order valence-electron chi connectivity index (χ1n) is 28.1. The highest BCUT2D eigenvalue weighted by atomic mass is 15.0. The molecule has 6 aliphatic carbocycles. The summed E-state index contributed by atoms with van der Waals surface area (Å²) in [5, 5.41) is 0. The predicted octanol–water partition coefficient (Wildman–Crippen LogP) is 18.2. The van der Waals surface area contributed by atoms with Crippen LogP contribution in [0.15, 0.2) is 164 Å². The number of fused-ring (bicyclic) bond motifs is 17. The normalized spacial score (nSPS) is 22.9. The zero-order chi connectivity index (χ0) is 50.9. The summed E-state index contributed by atoms with van der Waals surface area (Å²) in [7, 11) is 0. The second-order valence-corrected chi connectivity index (χ2v) is 25.1. The van der Waals surface area contributed by atoms with E-state index in [0.29, 0.717) is 29.3 Å². The van der Waals surface area contributed by atoms with Gasteiger partial charge in [0.1, 0.15) is 0 Å². The lowest BCUT2D eigenvalue weighted by molar-refractivity contribution is 0.0368. The minimum Gasteiger partial charge on any atom is -0.208 e. The third-order valence-electron chi connectivity index (χ3n) is 20.3. The summed E-state index contributed by atoms with van der Waals surface area (Å²) in [4.78, 5) is 16.8. The molecule has 0 radical (unpaired) electrons. The first kappa shape index (κ1) is 45.2. The lowest BCUT2D eigenvalue weighted by Gasteiger charge is -2.54. The largest absolute Gasteiger partial charge is 0.208 e.